The number of nitrogens with one attached hydrogen (secondary N) is 2. The van der Waals surface area contributed by atoms with Crippen LogP contribution in [-0.4, -0.2) is 25.6 Å². The first-order chi connectivity index (χ1) is 11.8. The molecule has 2 heterocycles. The minimum atomic E-state index is -0.180. The van der Waals surface area contributed by atoms with Crippen molar-refractivity contribution in [1.29, 1.82) is 0 Å². The highest BCUT2D eigenvalue weighted by atomic mass is 16.5. The third-order valence-electron chi connectivity index (χ3n) is 4.67. The molecule has 7 heteroatoms. The summed E-state index contributed by atoms with van der Waals surface area (Å²) in [5.74, 6) is 1.82. The first kappa shape index (κ1) is 14.9. The van der Waals surface area contributed by atoms with Crippen LogP contribution in [0.1, 0.15) is 44.0 Å². The van der Waals surface area contributed by atoms with Crippen molar-refractivity contribution in [3.63, 3.8) is 0 Å². The first-order valence-electron chi connectivity index (χ1n) is 8.33. The van der Waals surface area contributed by atoms with Gasteiger partial charge in [-0.3, -0.25) is 4.79 Å². The molecule has 1 aliphatic carbocycles. The number of benzene rings is 1. The molecule has 0 bridgehead atoms. The molecule has 2 N–H and O–H groups in total. The topological polar surface area (TPSA) is 96.5 Å². The SMILES string of the molecule is O=c1ccc2cc(OC(c3nnn[nH]3)C3CCCCC3)ccc2[nH]1. The molecule has 1 aliphatic rings. The molecular formula is C17H19N5O2. The Morgan fingerprint density at radius 1 is 1.12 bits per heavy atom. The zero-order chi connectivity index (χ0) is 16.4. The van der Waals surface area contributed by atoms with Gasteiger partial charge in [0.2, 0.25) is 5.56 Å². The molecule has 1 atom stereocenters. The molecular weight excluding hydrogens is 306 g/mol. The largest absolute Gasteiger partial charge is 0.482 e. The van der Waals surface area contributed by atoms with Gasteiger partial charge in [0.05, 0.1) is 0 Å². The summed E-state index contributed by atoms with van der Waals surface area (Å²) in [5, 5.41) is 15.3. The van der Waals surface area contributed by atoms with Crippen LogP contribution in [0.15, 0.2) is 35.1 Å². The van der Waals surface area contributed by atoms with Crippen LogP contribution in [0.2, 0.25) is 0 Å². The zero-order valence-corrected chi connectivity index (χ0v) is 13.2. The minimum Gasteiger partial charge on any atom is -0.482 e. The number of hydrogen-bond donors (Lipinski definition) is 2. The van der Waals surface area contributed by atoms with Gasteiger partial charge in [0, 0.05) is 22.9 Å². The van der Waals surface area contributed by atoms with Gasteiger partial charge in [-0.1, -0.05) is 19.3 Å². The number of ether oxygens (including phenoxy) is 1. The summed E-state index contributed by atoms with van der Waals surface area (Å²) >= 11 is 0. The van der Waals surface area contributed by atoms with E-state index in [1.165, 1.54) is 25.3 Å². The van der Waals surface area contributed by atoms with E-state index in [4.69, 9.17) is 4.74 Å². The number of fused-ring (bicyclic) bond motifs is 1. The Hall–Kier alpha value is -2.70. The second-order valence-electron chi connectivity index (χ2n) is 6.29. The lowest BCUT2D eigenvalue weighted by Crippen LogP contribution is -2.22. The summed E-state index contributed by atoms with van der Waals surface area (Å²) in [6.45, 7) is 0. The number of tetrazole rings is 1. The fourth-order valence-corrected chi connectivity index (χ4v) is 3.45. The molecule has 124 valence electrons. The van der Waals surface area contributed by atoms with E-state index in [0.29, 0.717) is 11.7 Å². The predicted molar refractivity (Wildman–Crippen MR) is 88.7 cm³/mol. The lowest BCUT2D eigenvalue weighted by molar-refractivity contribution is 0.100. The van der Waals surface area contributed by atoms with Crippen molar-refractivity contribution in [2.24, 2.45) is 5.92 Å². The van der Waals surface area contributed by atoms with Crippen LogP contribution in [0.4, 0.5) is 0 Å². The smallest absolute Gasteiger partial charge is 0.248 e. The van der Waals surface area contributed by atoms with Crippen molar-refractivity contribution < 1.29 is 4.74 Å². The fraction of sp³-hybridized carbons (Fsp3) is 0.412. The Kier molecular flexibility index (Phi) is 3.98. The summed E-state index contributed by atoms with van der Waals surface area (Å²) in [6.07, 6.45) is 5.76. The molecule has 1 saturated carbocycles. The Morgan fingerprint density at radius 3 is 2.79 bits per heavy atom. The number of rotatable bonds is 4. The van der Waals surface area contributed by atoms with E-state index in [1.54, 1.807) is 6.07 Å². The third kappa shape index (κ3) is 3.02. The van der Waals surface area contributed by atoms with Crippen LogP contribution in [0.3, 0.4) is 0 Å². The van der Waals surface area contributed by atoms with Gasteiger partial charge in [-0.2, -0.15) is 0 Å². The molecule has 1 fully saturated rings. The lowest BCUT2D eigenvalue weighted by atomic mass is 9.85. The summed E-state index contributed by atoms with van der Waals surface area (Å²) in [4.78, 5) is 14.2. The number of aromatic nitrogens is 5. The predicted octanol–water partition coefficient (Wildman–Crippen LogP) is 2.74. The third-order valence-corrected chi connectivity index (χ3v) is 4.67. The number of H-pyrrole nitrogens is 2. The maximum absolute atomic E-state index is 11.4. The van der Waals surface area contributed by atoms with Crippen LogP contribution < -0.4 is 10.3 Å². The van der Waals surface area contributed by atoms with E-state index < -0.39 is 0 Å². The zero-order valence-electron chi connectivity index (χ0n) is 13.2. The van der Waals surface area contributed by atoms with Crippen molar-refractivity contribution in [2.45, 2.75) is 38.2 Å². The molecule has 1 aromatic carbocycles. The van der Waals surface area contributed by atoms with Gasteiger partial charge >= 0.3 is 0 Å². The highest BCUT2D eigenvalue weighted by molar-refractivity contribution is 5.79. The number of pyridine rings is 1. The highest BCUT2D eigenvalue weighted by Crippen LogP contribution is 2.36. The molecule has 24 heavy (non-hydrogen) atoms. The van der Waals surface area contributed by atoms with Crippen LogP contribution in [0.25, 0.3) is 10.9 Å². The Morgan fingerprint density at radius 2 is 2.00 bits per heavy atom. The number of nitrogens with zero attached hydrogens (tertiary/aromatic N) is 3. The van der Waals surface area contributed by atoms with Crippen molar-refractivity contribution in [1.82, 2.24) is 25.6 Å². The molecule has 1 unspecified atom stereocenters. The molecule has 0 saturated heterocycles. The van der Waals surface area contributed by atoms with Crippen molar-refractivity contribution in [2.75, 3.05) is 0 Å². The van der Waals surface area contributed by atoms with Crippen molar-refractivity contribution in [3.05, 3.63) is 46.5 Å². The summed E-state index contributed by atoms with van der Waals surface area (Å²) < 4.78 is 6.27. The number of hydrogen-bond acceptors (Lipinski definition) is 5. The molecule has 4 rings (SSSR count). The Labute approximate surface area is 138 Å². The van der Waals surface area contributed by atoms with E-state index in [0.717, 1.165) is 29.5 Å². The average Bonchev–Trinajstić information content (AvgIpc) is 3.15. The van der Waals surface area contributed by atoms with Crippen LogP contribution in [-0.2, 0) is 0 Å². The summed E-state index contributed by atoms with van der Waals surface area (Å²) in [5.41, 5.74) is 0.689. The van der Waals surface area contributed by atoms with Crippen molar-refractivity contribution >= 4 is 10.9 Å². The van der Waals surface area contributed by atoms with Crippen LogP contribution in [0, 0.1) is 5.92 Å². The lowest BCUT2D eigenvalue weighted by Gasteiger charge is -2.29. The molecule has 3 aromatic rings. The molecule has 0 aliphatic heterocycles. The van der Waals surface area contributed by atoms with Gasteiger partial charge in [-0.25, -0.2) is 5.10 Å². The molecule has 0 radical (unpaired) electrons. The summed E-state index contributed by atoms with van der Waals surface area (Å²) in [6, 6.07) is 8.99. The van der Waals surface area contributed by atoms with E-state index in [1.807, 2.05) is 18.2 Å². The van der Waals surface area contributed by atoms with E-state index in [-0.39, 0.29) is 11.7 Å². The second-order valence-corrected chi connectivity index (χ2v) is 6.29. The van der Waals surface area contributed by atoms with Gasteiger partial charge in [0.15, 0.2) is 11.9 Å². The number of aromatic amines is 2. The van der Waals surface area contributed by atoms with Gasteiger partial charge < -0.3 is 9.72 Å². The quantitative estimate of drug-likeness (QED) is 0.769. The average molecular weight is 325 g/mol. The van der Waals surface area contributed by atoms with Gasteiger partial charge in [0.25, 0.3) is 0 Å². The van der Waals surface area contributed by atoms with E-state index in [2.05, 4.69) is 25.6 Å². The van der Waals surface area contributed by atoms with E-state index in [9.17, 15) is 4.79 Å². The monoisotopic (exact) mass is 325 g/mol. The molecule has 2 aromatic heterocycles. The van der Waals surface area contributed by atoms with Gasteiger partial charge in [-0.05, 0) is 47.5 Å². The maximum Gasteiger partial charge on any atom is 0.248 e. The minimum absolute atomic E-state index is 0.107. The van der Waals surface area contributed by atoms with Crippen LogP contribution in [0.5, 0.6) is 5.75 Å². The van der Waals surface area contributed by atoms with Crippen LogP contribution >= 0.6 is 0 Å². The van der Waals surface area contributed by atoms with E-state index >= 15 is 0 Å². The molecule has 0 spiro atoms. The Balaban J connectivity index is 1.64. The summed E-state index contributed by atoms with van der Waals surface area (Å²) in [7, 11) is 0. The first-order valence-corrected chi connectivity index (χ1v) is 8.33. The molecule has 7 nitrogen and oxygen atoms in total. The Bertz CT molecular complexity index is 868. The molecule has 0 amide bonds. The van der Waals surface area contributed by atoms with Gasteiger partial charge in [-0.15, -0.1) is 5.10 Å². The van der Waals surface area contributed by atoms with Crippen molar-refractivity contribution in [3.8, 4) is 5.75 Å². The highest BCUT2D eigenvalue weighted by Gasteiger charge is 2.29. The van der Waals surface area contributed by atoms with Gasteiger partial charge in [0.1, 0.15) is 5.75 Å². The standard InChI is InChI=1S/C17H19N5O2/c23-15-9-6-12-10-13(7-8-14(12)18-15)24-16(17-19-21-22-20-17)11-4-2-1-3-5-11/h6-11,16H,1-5H2,(H,18,23)(H,19,20,21,22). The fourth-order valence-electron chi connectivity index (χ4n) is 3.45. The second kappa shape index (κ2) is 6.43. The maximum atomic E-state index is 11.4. The normalized spacial score (nSPS) is 17.0.